The van der Waals surface area contributed by atoms with Crippen molar-refractivity contribution in [3.05, 3.63) is 65.0 Å². The SMILES string of the molecule is COc1ccc2c(c1)C=C(c1c(C(=O)N3CCN(C)CC(F)(F)C3)nnn1C(C)C)Cn1c-2cc2ccc(C(=O)N(C3CCCCC3)S(=O)(=O)N(C)C)cc21. The predicted octanol–water partition coefficient (Wildman–Crippen LogP) is 5.65. The largest absolute Gasteiger partial charge is 0.497 e. The Kier molecular flexibility index (Phi) is 10.4. The number of halogens is 2. The van der Waals surface area contributed by atoms with Gasteiger partial charge in [0.25, 0.3) is 17.7 Å². The molecule has 2 aliphatic heterocycles. The zero-order valence-electron chi connectivity index (χ0n) is 32.1. The number of fused-ring (bicyclic) bond motifs is 5. The molecule has 1 aliphatic carbocycles. The molecule has 3 aliphatic rings. The van der Waals surface area contributed by atoms with Gasteiger partial charge in [0.2, 0.25) is 0 Å². The Labute approximate surface area is 320 Å². The number of methoxy groups -OCH3 is 1. The van der Waals surface area contributed by atoms with E-state index in [0.29, 0.717) is 35.4 Å². The smallest absolute Gasteiger partial charge is 0.306 e. The van der Waals surface area contributed by atoms with Crippen LogP contribution in [0.2, 0.25) is 0 Å². The maximum atomic E-state index is 15.0. The van der Waals surface area contributed by atoms with Gasteiger partial charge in [-0.15, -0.1) is 5.10 Å². The quantitative estimate of drug-likeness (QED) is 0.225. The first-order valence-electron chi connectivity index (χ1n) is 18.7. The molecule has 0 bridgehead atoms. The van der Waals surface area contributed by atoms with Crippen molar-refractivity contribution >= 4 is 44.6 Å². The highest BCUT2D eigenvalue weighted by Crippen LogP contribution is 2.40. The number of alkyl halides is 2. The summed E-state index contributed by atoms with van der Waals surface area (Å²) in [7, 11) is 1.96. The third kappa shape index (κ3) is 7.27. The summed E-state index contributed by atoms with van der Waals surface area (Å²) in [6.45, 7) is 3.18. The number of likely N-dealkylation sites (N-methyl/N-ethyl adjacent to an activating group) is 1. The molecular weight excluding hydrogens is 731 g/mol. The molecular formula is C39H48F2N8O5S. The Bertz CT molecular complexity index is 2280. The van der Waals surface area contributed by atoms with Crippen molar-refractivity contribution in [2.45, 2.75) is 70.5 Å². The van der Waals surface area contributed by atoms with Crippen molar-refractivity contribution in [2.75, 3.05) is 54.4 Å². The van der Waals surface area contributed by atoms with Crippen molar-refractivity contribution in [2.24, 2.45) is 0 Å². The van der Waals surface area contributed by atoms with Gasteiger partial charge in [-0.05, 0) is 81.8 Å². The molecule has 1 saturated heterocycles. The van der Waals surface area contributed by atoms with E-state index < -0.39 is 47.1 Å². The molecule has 4 heterocycles. The number of aromatic nitrogens is 4. The highest BCUT2D eigenvalue weighted by molar-refractivity contribution is 7.87. The minimum absolute atomic E-state index is 0.0301. The highest BCUT2D eigenvalue weighted by Gasteiger charge is 2.40. The molecule has 2 amide bonds. The molecule has 294 valence electrons. The zero-order chi connectivity index (χ0) is 39.4. The second kappa shape index (κ2) is 14.8. The summed E-state index contributed by atoms with van der Waals surface area (Å²) in [6, 6.07) is 12.2. The van der Waals surface area contributed by atoms with Gasteiger partial charge >= 0.3 is 10.2 Å². The Balaban J connectivity index is 1.38. The fraction of sp³-hybridized carbons (Fsp3) is 0.487. The Morgan fingerprint density at radius 2 is 1.75 bits per heavy atom. The van der Waals surface area contributed by atoms with Gasteiger partial charge in [0.1, 0.15) is 5.75 Å². The van der Waals surface area contributed by atoms with Crippen LogP contribution >= 0.6 is 0 Å². The fourth-order valence-corrected chi connectivity index (χ4v) is 9.28. The lowest BCUT2D eigenvalue weighted by Crippen LogP contribution is -2.50. The third-order valence-corrected chi connectivity index (χ3v) is 12.7. The first-order valence-corrected chi connectivity index (χ1v) is 20.1. The second-order valence-electron chi connectivity index (χ2n) is 15.3. The van der Waals surface area contributed by atoms with Crippen molar-refractivity contribution in [1.82, 2.24) is 38.0 Å². The number of amides is 2. The molecule has 1 saturated carbocycles. The van der Waals surface area contributed by atoms with Crippen LogP contribution in [0.5, 0.6) is 5.75 Å². The number of benzene rings is 2. The van der Waals surface area contributed by atoms with E-state index in [1.165, 1.54) is 19.0 Å². The van der Waals surface area contributed by atoms with Crippen LogP contribution in [-0.2, 0) is 16.8 Å². The van der Waals surface area contributed by atoms with Crippen molar-refractivity contribution in [3.8, 4) is 17.0 Å². The molecule has 0 N–H and O–H groups in total. The fourth-order valence-electron chi connectivity index (χ4n) is 8.02. The number of carbonyl (C=O) groups excluding carboxylic acids is 2. The number of ether oxygens (including phenoxy) is 1. The average Bonchev–Trinajstić information content (AvgIpc) is 3.66. The van der Waals surface area contributed by atoms with Gasteiger partial charge < -0.3 is 14.2 Å². The monoisotopic (exact) mass is 778 g/mol. The molecule has 0 atom stereocenters. The topological polar surface area (TPSA) is 126 Å². The van der Waals surface area contributed by atoms with Crippen LogP contribution in [0.1, 0.15) is 84.1 Å². The van der Waals surface area contributed by atoms with E-state index in [1.54, 1.807) is 31.0 Å². The number of carbonyl (C=O) groups is 2. The Hall–Kier alpha value is -4.67. The number of hydrogen-bond acceptors (Lipinski definition) is 8. The number of nitrogens with zero attached hydrogens (tertiary/aromatic N) is 8. The maximum absolute atomic E-state index is 15.0. The number of allylic oxidation sites excluding steroid dienone is 1. The molecule has 2 aromatic carbocycles. The van der Waals surface area contributed by atoms with E-state index in [1.807, 2.05) is 54.8 Å². The van der Waals surface area contributed by atoms with Crippen LogP contribution in [-0.4, -0.2) is 125 Å². The predicted molar refractivity (Wildman–Crippen MR) is 206 cm³/mol. The van der Waals surface area contributed by atoms with Crippen molar-refractivity contribution in [3.63, 3.8) is 0 Å². The van der Waals surface area contributed by atoms with Crippen LogP contribution in [0.4, 0.5) is 8.78 Å². The average molecular weight is 779 g/mol. The molecule has 2 aromatic heterocycles. The van der Waals surface area contributed by atoms with E-state index in [4.69, 9.17) is 4.74 Å². The lowest BCUT2D eigenvalue weighted by atomic mass is 9.95. The van der Waals surface area contributed by atoms with Gasteiger partial charge in [0, 0.05) is 66.9 Å². The van der Waals surface area contributed by atoms with Crippen LogP contribution in [0.15, 0.2) is 42.5 Å². The van der Waals surface area contributed by atoms with Gasteiger partial charge in [-0.2, -0.15) is 12.7 Å². The molecule has 7 rings (SSSR count). The Morgan fingerprint density at radius 3 is 2.44 bits per heavy atom. The van der Waals surface area contributed by atoms with E-state index in [-0.39, 0.29) is 36.9 Å². The van der Waals surface area contributed by atoms with Crippen molar-refractivity contribution in [1.29, 1.82) is 0 Å². The normalized spacial score (nSPS) is 18.1. The summed E-state index contributed by atoms with van der Waals surface area (Å²) < 4.78 is 68.7. The first kappa shape index (κ1) is 38.6. The molecule has 4 aromatic rings. The Morgan fingerprint density at radius 1 is 1.00 bits per heavy atom. The molecule has 13 nitrogen and oxygen atoms in total. The third-order valence-electron chi connectivity index (χ3n) is 10.8. The minimum atomic E-state index is -4.09. The van der Waals surface area contributed by atoms with E-state index in [2.05, 4.69) is 10.3 Å². The molecule has 2 fully saturated rings. The van der Waals surface area contributed by atoms with Crippen LogP contribution in [0.25, 0.3) is 33.8 Å². The maximum Gasteiger partial charge on any atom is 0.306 e. The van der Waals surface area contributed by atoms with Gasteiger partial charge in [-0.25, -0.2) is 17.8 Å². The van der Waals surface area contributed by atoms with Crippen LogP contribution < -0.4 is 4.74 Å². The number of hydrogen-bond donors (Lipinski definition) is 0. The lowest BCUT2D eigenvalue weighted by Gasteiger charge is -2.35. The van der Waals surface area contributed by atoms with Gasteiger partial charge in [0.05, 0.1) is 38.1 Å². The summed E-state index contributed by atoms with van der Waals surface area (Å²) in [5.41, 5.74) is 4.37. The van der Waals surface area contributed by atoms with E-state index in [0.717, 1.165) is 55.0 Å². The zero-order valence-corrected chi connectivity index (χ0v) is 32.9. The highest BCUT2D eigenvalue weighted by atomic mass is 32.2. The summed E-state index contributed by atoms with van der Waals surface area (Å²) in [5, 5.41) is 9.53. The second-order valence-corrected chi connectivity index (χ2v) is 17.4. The molecule has 0 radical (unpaired) electrons. The van der Waals surface area contributed by atoms with Gasteiger partial charge in [0.15, 0.2) is 5.69 Å². The van der Waals surface area contributed by atoms with Gasteiger partial charge in [-0.1, -0.05) is 30.5 Å². The molecule has 0 spiro atoms. The molecule has 0 unspecified atom stereocenters. The van der Waals surface area contributed by atoms with Crippen LogP contribution in [0, 0.1) is 0 Å². The molecule has 16 heteroatoms. The lowest BCUT2D eigenvalue weighted by molar-refractivity contribution is -0.0311. The van der Waals surface area contributed by atoms with E-state index in [9.17, 15) is 26.8 Å². The van der Waals surface area contributed by atoms with Crippen molar-refractivity contribution < 1.29 is 31.5 Å². The van der Waals surface area contributed by atoms with Crippen LogP contribution in [0.3, 0.4) is 0 Å². The summed E-state index contributed by atoms with van der Waals surface area (Å²) >= 11 is 0. The summed E-state index contributed by atoms with van der Waals surface area (Å²) in [5.74, 6) is -3.73. The van der Waals surface area contributed by atoms with Gasteiger partial charge in [-0.3, -0.25) is 14.5 Å². The number of rotatable bonds is 8. The first-order chi connectivity index (χ1) is 26.1. The summed E-state index contributed by atoms with van der Waals surface area (Å²) in [4.78, 5) is 31.3. The standard InChI is InChI=1S/C39H48F2N8O5S/c1-25(2)48-36(35(42-43-48)38(51)46-17-16-45(5)23-39(40,41)24-46)29-18-28-19-31(54-6)14-15-32(28)34-20-26-12-13-27(21-33(26)47(34)22-29)37(50)49(55(52,53)44(3)4)30-10-8-7-9-11-30/h12-15,18-21,25,30H,7-11,16-17,22-24H2,1-6H3. The van der Waals surface area contributed by atoms with E-state index >= 15 is 0 Å². The molecule has 55 heavy (non-hydrogen) atoms. The summed E-state index contributed by atoms with van der Waals surface area (Å²) in [6.07, 6.45) is 5.81. The minimum Gasteiger partial charge on any atom is -0.497 e.